The first-order chi connectivity index (χ1) is 7.68. The second kappa shape index (κ2) is 4.80. The average Bonchev–Trinajstić information content (AvgIpc) is 2.65. The molecule has 1 heterocycles. The van der Waals surface area contributed by atoms with Crippen LogP contribution in [-0.4, -0.2) is 30.5 Å². The van der Waals surface area contributed by atoms with E-state index < -0.39 is 6.04 Å². The zero-order valence-corrected chi connectivity index (χ0v) is 9.07. The van der Waals surface area contributed by atoms with E-state index >= 15 is 0 Å². The number of carbonyl (C=O) groups excluding carboxylic acids is 2. The van der Waals surface area contributed by atoms with E-state index in [9.17, 15) is 9.59 Å². The average molecular weight is 227 g/mol. The molecule has 0 aromatic rings. The van der Waals surface area contributed by atoms with Crippen LogP contribution in [0, 0.1) is 5.92 Å². The van der Waals surface area contributed by atoms with Crippen LogP contribution >= 0.6 is 0 Å². The van der Waals surface area contributed by atoms with Gasteiger partial charge in [-0.15, -0.1) is 0 Å². The van der Waals surface area contributed by atoms with E-state index in [1.807, 2.05) is 0 Å². The van der Waals surface area contributed by atoms with Crippen LogP contribution in [0.3, 0.4) is 0 Å². The Bertz CT molecular complexity index is 295. The third-order valence-electron chi connectivity index (χ3n) is 3.21. The van der Waals surface area contributed by atoms with Crippen molar-refractivity contribution in [1.82, 2.24) is 10.8 Å². The van der Waals surface area contributed by atoms with Gasteiger partial charge >= 0.3 is 0 Å². The number of amides is 2. The van der Waals surface area contributed by atoms with Crippen molar-refractivity contribution in [2.75, 3.05) is 6.61 Å². The molecule has 2 amide bonds. The molecule has 1 saturated heterocycles. The van der Waals surface area contributed by atoms with Gasteiger partial charge in [-0.25, -0.2) is 5.48 Å². The topological polar surface area (TPSA) is 93.5 Å². The third-order valence-corrected chi connectivity index (χ3v) is 3.21. The van der Waals surface area contributed by atoms with Crippen LogP contribution in [0.5, 0.6) is 0 Å². The molecule has 6 heteroatoms. The van der Waals surface area contributed by atoms with Gasteiger partial charge in [0.25, 0.3) is 5.91 Å². The Morgan fingerprint density at radius 2 is 2.19 bits per heavy atom. The quantitative estimate of drug-likeness (QED) is 0.567. The predicted molar refractivity (Wildman–Crippen MR) is 56.0 cm³/mol. The van der Waals surface area contributed by atoms with E-state index in [2.05, 4.69) is 10.8 Å². The second-order valence-corrected chi connectivity index (χ2v) is 4.39. The highest BCUT2D eigenvalue weighted by molar-refractivity contribution is 5.89. The molecular weight excluding hydrogens is 210 g/mol. The van der Waals surface area contributed by atoms with Crippen molar-refractivity contribution in [1.29, 1.82) is 0 Å². The van der Waals surface area contributed by atoms with Gasteiger partial charge in [0.1, 0.15) is 12.6 Å². The molecule has 0 spiro atoms. The summed E-state index contributed by atoms with van der Waals surface area (Å²) in [6.07, 6.45) is 3.80. The lowest BCUT2D eigenvalue weighted by atomic mass is 9.84. The molecule has 2 fully saturated rings. The van der Waals surface area contributed by atoms with E-state index in [0.29, 0.717) is 0 Å². The molecule has 1 aliphatic carbocycles. The summed E-state index contributed by atoms with van der Waals surface area (Å²) in [5.41, 5.74) is 8.10. The Morgan fingerprint density at radius 3 is 2.81 bits per heavy atom. The fraction of sp³-hybridized carbons (Fsp3) is 0.800. The van der Waals surface area contributed by atoms with Crippen LogP contribution in [0.15, 0.2) is 0 Å². The predicted octanol–water partition coefficient (Wildman–Crippen LogP) is -0.950. The molecule has 4 N–H and O–H groups in total. The number of rotatable bonds is 2. The van der Waals surface area contributed by atoms with Crippen molar-refractivity contribution >= 4 is 11.8 Å². The van der Waals surface area contributed by atoms with E-state index in [1.165, 1.54) is 0 Å². The number of hydrogen-bond donors (Lipinski definition) is 3. The molecule has 1 saturated carbocycles. The normalized spacial score (nSPS) is 34.6. The fourth-order valence-electron chi connectivity index (χ4n) is 2.21. The molecule has 0 bridgehead atoms. The number of nitrogens with two attached hydrogens (primary N) is 1. The SMILES string of the molecule is NC1CCCCC1C(=O)N[C@@H]1CONC1=O. The molecule has 2 rings (SSSR count). The number of nitrogens with one attached hydrogen (secondary N) is 2. The lowest BCUT2D eigenvalue weighted by Crippen LogP contribution is -2.49. The number of carbonyl (C=O) groups is 2. The first-order valence-electron chi connectivity index (χ1n) is 5.66. The van der Waals surface area contributed by atoms with Gasteiger partial charge in [0.05, 0.1) is 5.92 Å². The van der Waals surface area contributed by atoms with E-state index in [1.54, 1.807) is 0 Å². The summed E-state index contributed by atoms with van der Waals surface area (Å²) in [5, 5.41) is 2.67. The van der Waals surface area contributed by atoms with Crippen molar-refractivity contribution in [3.05, 3.63) is 0 Å². The minimum absolute atomic E-state index is 0.0841. The van der Waals surface area contributed by atoms with Crippen LogP contribution < -0.4 is 16.5 Å². The van der Waals surface area contributed by atoms with Gasteiger partial charge in [0.15, 0.2) is 0 Å². The Morgan fingerprint density at radius 1 is 1.44 bits per heavy atom. The summed E-state index contributed by atoms with van der Waals surface area (Å²) in [6.45, 7) is 0.187. The Labute approximate surface area is 93.8 Å². The summed E-state index contributed by atoms with van der Waals surface area (Å²) in [5.74, 6) is -0.585. The molecule has 1 aliphatic heterocycles. The molecule has 6 nitrogen and oxygen atoms in total. The molecule has 0 radical (unpaired) electrons. The van der Waals surface area contributed by atoms with Gasteiger partial charge in [-0.3, -0.25) is 14.4 Å². The third kappa shape index (κ3) is 2.33. The minimum Gasteiger partial charge on any atom is -0.342 e. The lowest BCUT2D eigenvalue weighted by Gasteiger charge is -2.28. The van der Waals surface area contributed by atoms with E-state index in [0.717, 1.165) is 25.7 Å². The van der Waals surface area contributed by atoms with Crippen molar-refractivity contribution < 1.29 is 14.4 Å². The zero-order valence-electron chi connectivity index (χ0n) is 9.07. The lowest BCUT2D eigenvalue weighted by molar-refractivity contribution is -0.131. The monoisotopic (exact) mass is 227 g/mol. The molecule has 0 aromatic carbocycles. The summed E-state index contributed by atoms with van der Waals surface area (Å²) in [7, 11) is 0. The highest BCUT2D eigenvalue weighted by Gasteiger charge is 2.33. The number of hydroxylamine groups is 1. The maximum Gasteiger partial charge on any atom is 0.268 e. The van der Waals surface area contributed by atoms with Crippen molar-refractivity contribution in [3.8, 4) is 0 Å². The van der Waals surface area contributed by atoms with Crippen LogP contribution in [0.25, 0.3) is 0 Å². The summed E-state index contributed by atoms with van der Waals surface area (Å²) in [6, 6.07) is -0.652. The summed E-state index contributed by atoms with van der Waals surface area (Å²) in [4.78, 5) is 27.8. The molecule has 16 heavy (non-hydrogen) atoms. The first-order valence-corrected chi connectivity index (χ1v) is 5.66. The van der Waals surface area contributed by atoms with E-state index in [-0.39, 0.29) is 30.4 Å². The molecule has 2 aliphatic rings. The fourth-order valence-corrected chi connectivity index (χ4v) is 2.21. The van der Waals surface area contributed by atoms with Gasteiger partial charge in [-0.05, 0) is 12.8 Å². The van der Waals surface area contributed by atoms with Gasteiger partial charge < -0.3 is 11.1 Å². The minimum atomic E-state index is -0.568. The Balaban J connectivity index is 1.89. The largest absolute Gasteiger partial charge is 0.342 e. The molecule has 2 unspecified atom stereocenters. The Kier molecular flexibility index (Phi) is 3.40. The summed E-state index contributed by atoms with van der Waals surface area (Å²) >= 11 is 0. The molecule has 0 aromatic heterocycles. The van der Waals surface area contributed by atoms with Crippen molar-refractivity contribution in [2.45, 2.75) is 37.8 Å². The molecular formula is C10H17N3O3. The highest BCUT2D eigenvalue weighted by Crippen LogP contribution is 2.23. The van der Waals surface area contributed by atoms with Crippen molar-refractivity contribution in [3.63, 3.8) is 0 Å². The summed E-state index contributed by atoms with van der Waals surface area (Å²) < 4.78 is 0. The van der Waals surface area contributed by atoms with Gasteiger partial charge in [-0.2, -0.15) is 0 Å². The van der Waals surface area contributed by atoms with Crippen LogP contribution in [0.4, 0.5) is 0 Å². The second-order valence-electron chi connectivity index (χ2n) is 4.39. The maximum absolute atomic E-state index is 11.9. The zero-order chi connectivity index (χ0) is 11.5. The van der Waals surface area contributed by atoms with Gasteiger partial charge in [0, 0.05) is 6.04 Å². The Hall–Kier alpha value is -1.14. The van der Waals surface area contributed by atoms with E-state index in [4.69, 9.17) is 10.6 Å². The first kappa shape index (κ1) is 11.3. The van der Waals surface area contributed by atoms with Crippen LogP contribution in [0.2, 0.25) is 0 Å². The standard InChI is InChI=1S/C10H17N3O3/c11-7-4-2-1-3-6(7)9(14)12-8-5-16-13-10(8)15/h6-8H,1-5,11H2,(H,12,14)(H,13,15)/t6?,7?,8-/m1/s1. The molecule has 3 atom stereocenters. The van der Waals surface area contributed by atoms with Crippen molar-refractivity contribution in [2.24, 2.45) is 11.7 Å². The van der Waals surface area contributed by atoms with Gasteiger partial charge in [0.2, 0.25) is 5.91 Å². The van der Waals surface area contributed by atoms with Gasteiger partial charge in [-0.1, -0.05) is 12.8 Å². The van der Waals surface area contributed by atoms with Crippen LogP contribution in [0.1, 0.15) is 25.7 Å². The molecule has 90 valence electrons. The highest BCUT2D eigenvalue weighted by atomic mass is 16.7. The van der Waals surface area contributed by atoms with Crippen LogP contribution in [-0.2, 0) is 14.4 Å². The smallest absolute Gasteiger partial charge is 0.268 e. The maximum atomic E-state index is 11.9. The number of hydrogen-bond acceptors (Lipinski definition) is 4.